The molecule has 2 amide bonds. The van der Waals surface area contributed by atoms with E-state index in [1.165, 1.54) is 6.21 Å². The van der Waals surface area contributed by atoms with E-state index in [9.17, 15) is 4.79 Å². The molecule has 0 aliphatic carbocycles. The fourth-order valence-corrected chi connectivity index (χ4v) is 2.74. The number of hydrogen-bond donors (Lipinski definition) is 2. The monoisotopic (exact) mass is 475 g/mol. The lowest BCUT2D eigenvalue weighted by Gasteiger charge is -2.05. The summed E-state index contributed by atoms with van der Waals surface area (Å²) in [5, 5.41) is 6.61. The lowest BCUT2D eigenvalue weighted by molar-refractivity contribution is 0.252. The molecule has 0 unspecified atom stereocenters. The van der Waals surface area contributed by atoms with E-state index in [1.807, 2.05) is 49.4 Å². The Kier molecular flexibility index (Phi) is 5.90. The molecule has 0 aliphatic heterocycles. The van der Waals surface area contributed by atoms with Crippen molar-refractivity contribution < 1.29 is 9.21 Å². The highest BCUT2D eigenvalue weighted by molar-refractivity contribution is 9.10. The second-order valence-electron chi connectivity index (χ2n) is 5.50. The zero-order valence-electron chi connectivity index (χ0n) is 13.8. The number of anilines is 1. The molecule has 0 saturated heterocycles. The summed E-state index contributed by atoms with van der Waals surface area (Å²) in [4.78, 5) is 11.9. The van der Waals surface area contributed by atoms with Gasteiger partial charge in [-0.05, 0) is 55.0 Å². The predicted octanol–water partition coefficient (Wildman–Crippen LogP) is 5.94. The summed E-state index contributed by atoms with van der Waals surface area (Å²) in [6.07, 6.45) is 1.45. The number of nitrogens with one attached hydrogen (secondary N) is 2. The van der Waals surface area contributed by atoms with Gasteiger partial charge in [0, 0.05) is 20.2 Å². The van der Waals surface area contributed by atoms with Gasteiger partial charge in [-0.15, -0.1) is 0 Å². The van der Waals surface area contributed by atoms with Crippen LogP contribution in [0, 0.1) is 6.92 Å². The van der Waals surface area contributed by atoms with Crippen LogP contribution in [-0.4, -0.2) is 12.2 Å². The van der Waals surface area contributed by atoms with Gasteiger partial charge in [0.2, 0.25) is 0 Å². The number of rotatable bonds is 4. The maximum absolute atomic E-state index is 11.9. The Balaban J connectivity index is 1.57. The molecule has 0 atom stereocenters. The summed E-state index contributed by atoms with van der Waals surface area (Å²) < 4.78 is 7.69. The van der Waals surface area contributed by atoms with E-state index in [0.717, 1.165) is 25.8 Å². The van der Waals surface area contributed by atoms with Gasteiger partial charge < -0.3 is 9.73 Å². The van der Waals surface area contributed by atoms with E-state index < -0.39 is 6.03 Å². The van der Waals surface area contributed by atoms with Crippen LogP contribution in [0.2, 0.25) is 0 Å². The van der Waals surface area contributed by atoms with Crippen LogP contribution in [0.1, 0.15) is 11.3 Å². The molecule has 0 aliphatic rings. The van der Waals surface area contributed by atoms with E-state index in [1.54, 1.807) is 12.1 Å². The number of nitrogens with zero attached hydrogens (tertiary/aromatic N) is 1. The third kappa shape index (κ3) is 4.83. The molecule has 3 aromatic rings. The Morgan fingerprint density at radius 1 is 1.08 bits per heavy atom. The number of carbonyl (C=O) groups excluding carboxylic acids is 1. The third-order valence-corrected chi connectivity index (χ3v) is 4.95. The number of carbonyl (C=O) groups is 1. The first-order chi connectivity index (χ1) is 12.5. The molecular weight excluding hydrogens is 462 g/mol. The van der Waals surface area contributed by atoms with Crippen molar-refractivity contribution in [2.45, 2.75) is 6.92 Å². The second kappa shape index (κ2) is 8.33. The first-order valence-electron chi connectivity index (χ1n) is 7.73. The lowest BCUT2D eigenvalue weighted by atomic mass is 10.2. The minimum absolute atomic E-state index is 0.428. The van der Waals surface area contributed by atoms with Crippen LogP contribution >= 0.6 is 31.9 Å². The average molecular weight is 477 g/mol. The van der Waals surface area contributed by atoms with Crippen LogP contribution in [0.4, 0.5) is 10.5 Å². The van der Waals surface area contributed by atoms with Crippen molar-refractivity contribution >= 4 is 49.8 Å². The summed E-state index contributed by atoms with van der Waals surface area (Å²) in [5.74, 6) is 1.27. The normalized spacial score (nSPS) is 10.9. The van der Waals surface area contributed by atoms with Crippen molar-refractivity contribution in [3.63, 3.8) is 0 Å². The minimum atomic E-state index is -0.428. The van der Waals surface area contributed by atoms with Crippen molar-refractivity contribution in [1.82, 2.24) is 5.43 Å². The van der Waals surface area contributed by atoms with Crippen LogP contribution in [0.15, 0.2) is 73.1 Å². The van der Waals surface area contributed by atoms with E-state index >= 15 is 0 Å². The van der Waals surface area contributed by atoms with E-state index in [-0.39, 0.29) is 0 Å². The molecule has 0 bridgehead atoms. The summed E-state index contributed by atoms with van der Waals surface area (Å²) in [6, 6.07) is 16.6. The number of benzene rings is 2. The highest BCUT2D eigenvalue weighted by Gasteiger charge is 2.04. The number of halogens is 2. The average Bonchev–Trinajstić information content (AvgIpc) is 3.08. The number of urea groups is 1. The summed E-state index contributed by atoms with van der Waals surface area (Å²) >= 11 is 6.82. The zero-order valence-corrected chi connectivity index (χ0v) is 17.0. The number of furan rings is 1. The maximum atomic E-state index is 11.9. The Morgan fingerprint density at radius 2 is 1.85 bits per heavy atom. The summed E-state index contributed by atoms with van der Waals surface area (Å²) in [6.45, 7) is 1.95. The van der Waals surface area contributed by atoms with Crippen LogP contribution in [0.3, 0.4) is 0 Å². The molecule has 0 saturated carbocycles. The molecule has 1 aromatic heterocycles. The van der Waals surface area contributed by atoms with Gasteiger partial charge in [0.25, 0.3) is 0 Å². The van der Waals surface area contributed by atoms with Gasteiger partial charge in [-0.3, -0.25) is 0 Å². The topological polar surface area (TPSA) is 66.6 Å². The van der Waals surface area contributed by atoms with Gasteiger partial charge in [-0.2, -0.15) is 5.10 Å². The molecular formula is C19H15Br2N3O2. The Labute approximate surface area is 167 Å². The second-order valence-corrected chi connectivity index (χ2v) is 7.27. The molecule has 0 radical (unpaired) electrons. The molecule has 2 N–H and O–H groups in total. The van der Waals surface area contributed by atoms with Crippen LogP contribution in [0.5, 0.6) is 0 Å². The Morgan fingerprint density at radius 3 is 2.58 bits per heavy atom. The summed E-state index contributed by atoms with van der Waals surface area (Å²) in [5.41, 5.74) is 5.09. The quantitative estimate of drug-likeness (QED) is 0.361. The fourth-order valence-electron chi connectivity index (χ4n) is 2.23. The molecule has 2 aromatic carbocycles. The van der Waals surface area contributed by atoms with Crippen molar-refractivity contribution in [2.75, 3.05) is 5.32 Å². The van der Waals surface area contributed by atoms with Gasteiger partial charge >= 0.3 is 6.03 Å². The smallest absolute Gasteiger partial charge is 0.339 e. The van der Waals surface area contributed by atoms with Gasteiger partial charge in [-0.25, -0.2) is 10.2 Å². The molecule has 26 heavy (non-hydrogen) atoms. The lowest BCUT2D eigenvalue weighted by Crippen LogP contribution is -2.24. The molecule has 0 spiro atoms. The summed E-state index contributed by atoms with van der Waals surface area (Å²) in [7, 11) is 0. The Hall–Kier alpha value is -2.38. The largest absolute Gasteiger partial charge is 0.455 e. The van der Waals surface area contributed by atoms with Gasteiger partial charge in [-0.1, -0.05) is 44.0 Å². The maximum Gasteiger partial charge on any atom is 0.339 e. The van der Waals surface area contributed by atoms with E-state index in [0.29, 0.717) is 11.4 Å². The van der Waals surface area contributed by atoms with Gasteiger partial charge in [0.1, 0.15) is 11.5 Å². The van der Waals surface area contributed by atoms with E-state index in [4.69, 9.17) is 4.42 Å². The van der Waals surface area contributed by atoms with Crippen LogP contribution in [0.25, 0.3) is 11.3 Å². The number of hydrogen-bond acceptors (Lipinski definition) is 3. The van der Waals surface area contributed by atoms with Crippen LogP contribution in [-0.2, 0) is 0 Å². The van der Waals surface area contributed by atoms with Crippen molar-refractivity contribution in [1.29, 1.82) is 0 Å². The van der Waals surface area contributed by atoms with E-state index in [2.05, 4.69) is 47.7 Å². The minimum Gasteiger partial charge on any atom is -0.455 e. The standard InChI is InChI=1S/C19H15Br2N3O2/c1-12-10-15(6-8-17(12)21)23-19(25)24-22-11-16-7-9-18(26-16)13-2-4-14(20)5-3-13/h2-11H,1H3,(H2,23,24,25)/b22-11-. The molecule has 132 valence electrons. The highest BCUT2D eigenvalue weighted by atomic mass is 79.9. The third-order valence-electron chi connectivity index (χ3n) is 3.53. The van der Waals surface area contributed by atoms with Gasteiger partial charge in [0.15, 0.2) is 0 Å². The van der Waals surface area contributed by atoms with Crippen molar-refractivity contribution in [2.24, 2.45) is 5.10 Å². The first kappa shape index (κ1) is 18.4. The fraction of sp³-hybridized carbons (Fsp3) is 0.0526. The van der Waals surface area contributed by atoms with Crippen molar-refractivity contribution in [3.05, 3.63) is 74.9 Å². The number of amides is 2. The number of hydrazone groups is 1. The van der Waals surface area contributed by atoms with Gasteiger partial charge in [0.05, 0.1) is 6.21 Å². The molecule has 5 nitrogen and oxygen atoms in total. The highest BCUT2D eigenvalue weighted by Crippen LogP contribution is 2.23. The Bertz CT molecular complexity index is 950. The molecule has 0 fully saturated rings. The number of aryl methyl sites for hydroxylation is 1. The first-order valence-corrected chi connectivity index (χ1v) is 9.32. The van der Waals surface area contributed by atoms with Crippen molar-refractivity contribution in [3.8, 4) is 11.3 Å². The molecule has 3 rings (SSSR count). The zero-order chi connectivity index (χ0) is 18.5. The van der Waals surface area contributed by atoms with Crippen LogP contribution < -0.4 is 10.7 Å². The SMILES string of the molecule is Cc1cc(NC(=O)N/N=C\c2ccc(-c3ccc(Br)cc3)o2)ccc1Br. The molecule has 1 heterocycles. The molecule has 7 heteroatoms. The predicted molar refractivity (Wildman–Crippen MR) is 110 cm³/mol.